The molecule has 0 aliphatic carbocycles. The first kappa shape index (κ1) is 13.2. The van der Waals surface area contributed by atoms with Gasteiger partial charge in [0.1, 0.15) is 16.8 Å². The zero-order valence-corrected chi connectivity index (χ0v) is 11.0. The number of anilines is 1. The van der Waals surface area contributed by atoms with Crippen molar-refractivity contribution in [3.05, 3.63) is 16.5 Å². The van der Waals surface area contributed by atoms with E-state index in [1.807, 2.05) is 20.9 Å². The van der Waals surface area contributed by atoms with E-state index in [1.165, 1.54) is 0 Å². The molecule has 0 spiro atoms. The highest BCUT2D eigenvalue weighted by Gasteiger charge is 2.11. The second-order valence-electron chi connectivity index (χ2n) is 3.78. The molecule has 0 amide bonds. The van der Waals surface area contributed by atoms with Crippen molar-refractivity contribution in [3.8, 4) is 0 Å². The fourth-order valence-electron chi connectivity index (χ4n) is 1.50. The molecule has 0 radical (unpaired) electrons. The average Bonchev–Trinajstić information content (AvgIpc) is 2.23. The van der Waals surface area contributed by atoms with E-state index in [0.717, 1.165) is 31.0 Å². The van der Waals surface area contributed by atoms with Crippen LogP contribution in [-0.4, -0.2) is 37.3 Å². The Bertz CT molecular complexity index is 357. The summed E-state index contributed by atoms with van der Waals surface area (Å²) in [5, 5.41) is 0.529. The van der Waals surface area contributed by atoms with Crippen LogP contribution in [0.5, 0.6) is 0 Å². The largest absolute Gasteiger partial charge is 0.385 e. The van der Waals surface area contributed by atoms with Crippen LogP contribution in [0.1, 0.15) is 17.8 Å². The zero-order chi connectivity index (χ0) is 12.1. The van der Waals surface area contributed by atoms with E-state index in [2.05, 4.69) is 14.9 Å². The van der Waals surface area contributed by atoms with E-state index >= 15 is 0 Å². The Morgan fingerprint density at radius 3 is 2.62 bits per heavy atom. The number of hydrogen-bond donors (Lipinski definition) is 0. The summed E-state index contributed by atoms with van der Waals surface area (Å²) in [6, 6.07) is 0. The van der Waals surface area contributed by atoms with Crippen molar-refractivity contribution >= 4 is 17.4 Å². The fraction of sp³-hybridized carbons (Fsp3) is 0.636. The van der Waals surface area contributed by atoms with Gasteiger partial charge in [-0.25, -0.2) is 9.97 Å². The summed E-state index contributed by atoms with van der Waals surface area (Å²) in [7, 11) is 3.71. The van der Waals surface area contributed by atoms with Crippen molar-refractivity contribution in [2.45, 2.75) is 20.3 Å². The average molecular weight is 244 g/mol. The molecule has 90 valence electrons. The van der Waals surface area contributed by atoms with Crippen LogP contribution in [0.2, 0.25) is 5.15 Å². The summed E-state index contributed by atoms with van der Waals surface area (Å²) in [6.07, 6.45) is 0.965. The Morgan fingerprint density at radius 2 is 2.00 bits per heavy atom. The van der Waals surface area contributed by atoms with Gasteiger partial charge in [-0.15, -0.1) is 0 Å². The Morgan fingerprint density at radius 1 is 1.31 bits per heavy atom. The van der Waals surface area contributed by atoms with Gasteiger partial charge in [-0.05, 0) is 20.3 Å². The highest BCUT2D eigenvalue weighted by molar-refractivity contribution is 6.30. The molecule has 0 fully saturated rings. The lowest BCUT2D eigenvalue weighted by Gasteiger charge is -2.20. The van der Waals surface area contributed by atoms with Crippen molar-refractivity contribution in [2.75, 3.05) is 32.2 Å². The van der Waals surface area contributed by atoms with Crippen LogP contribution < -0.4 is 4.90 Å². The highest BCUT2D eigenvalue weighted by Crippen LogP contribution is 2.22. The number of ether oxygens (including phenoxy) is 1. The van der Waals surface area contributed by atoms with Crippen molar-refractivity contribution in [2.24, 2.45) is 0 Å². The van der Waals surface area contributed by atoms with Gasteiger partial charge in [0.2, 0.25) is 0 Å². The molecule has 1 aromatic heterocycles. The molecular weight excluding hydrogens is 226 g/mol. The van der Waals surface area contributed by atoms with Crippen molar-refractivity contribution in [1.29, 1.82) is 0 Å². The van der Waals surface area contributed by atoms with Crippen LogP contribution in [0.15, 0.2) is 0 Å². The monoisotopic (exact) mass is 243 g/mol. The van der Waals surface area contributed by atoms with E-state index in [-0.39, 0.29) is 0 Å². The van der Waals surface area contributed by atoms with Gasteiger partial charge in [0.15, 0.2) is 0 Å². The van der Waals surface area contributed by atoms with Gasteiger partial charge in [-0.2, -0.15) is 0 Å². The van der Waals surface area contributed by atoms with Crippen LogP contribution in [0.25, 0.3) is 0 Å². The lowest BCUT2D eigenvalue weighted by molar-refractivity contribution is 0.196. The Hall–Kier alpha value is -0.870. The maximum atomic E-state index is 6.02. The summed E-state index contributed by atoms with van der Waals surface area (Å²) < 4.78 is 5.02. The molecule has 5 heteroatoms. The smallest absolute Gasteiger partial charge is 0.137 e. The SMILES string of the molecule is COCCCN(C)c1nc(C)nc(Cl)c1C. The zero-order valence-electron chi connectivity index (χ0n) is 10.2. The predicted molar refractivity (Wildman–Crippen MR) is 66.3 cm³/mol. The van der Waals surface area contributed by atoms with Gasteiger partial charge in [-0.1, -0.05) is 11.6 Å². The van der Waals surface area contributed by atoms with E-state index in [4.69, 9.17) is 16.3 Å². The summed E-state index contributed by atoms with van der Waals surface area (Å²) >= 11 is 6.02. The lowest BCUT2D eigenvalue weighted by atomic mass is 10.3. The number of aromatic nitrogens is 2. The Labute approximate surface area is 102 Å². The van der Waals surface area contributed by atoms with Crippen LogP contribution in [0.3, 0.4) is 0 Å². The lowest BCUT2D eigenvalue weighted by Crippen LogP contribution is -2.22. The minimum absolute atomic E-state index is 0.529. The molecule has 0 saturated carbocycles. The molecule has 0 aliphatic rings. The van der Waals surface area contributed by atoms with E-state index < -0.39 is 0 Å². The third-order valence-corrected chi connectivity index (χ3v) is 2.74. The second kappa shape index (κ2) is 6.01. The van der Waals surface area contributed by atoms with Crippen molar-refractivity contribution in [1.82, 2.24) is 9.97 Å². The van der Waals surface area contributed by atoms with E-state index in [1.54, 1.807) is 7.11 Å². The van der Waals surface area contributed by atoms with E-state index in [0.29, 0.717) is 11.0 Å². The van der Waals surface area contributed by atoms with Gasteiger partial charge in [0.05, 0.1) is 0 Å². The summed E-state index contributed by atoms with van der Waals surface area (Å²) in [6.45, 7) is 5.42. The molecular formula is C11H18ClN3O. The third-order valence-electron chi connectivity index (χ3n) is 2.38. The number of aryl methyl sites for hydroxylation is 1. The quantitative estimate of drug-likeness (QED) is 0.587. The number of hydrogen-bond acceptors (Lipinski definition) is 4. The topological polar surface area (TPSA) is 38.2 Å². The number of halogens is 1. The summed E-state index contributed by atoms with van der Waals surface area (Å²) in [5.41, 5.74) is 0.923. The number of nitrogens with zero attached hydrogens (tertiary/aromatic N) is 3. The standard InChI is InChI=1S/C11H18ClN3O/c1-8-10(12)13-9(2)14-11(8)15(3)6-5-7-16-4/h5-7H2,1-4H3. The van der Waals surface area contributed by atoms with Crippen LogP contribution in [0.4, 0.5) is 5.82 Å². The first-order chi connectivity index (χ1) is 7.56. The van der Waals surface area contributed by atoms with Gasteiger partial charge >= 0.3 is 0 Å². The first-order valence-corrected chi connectivity index (χ1v) is 5.65. The molecule has 0 unspecified atom stereocenters. The minimum atomic E-state index is 0.529. The van der Waals surface area contributed by atoms with Gasteiger partial charge in [0, 0.05) is 32.9 Å². The van der Waals surface area contributed by atoms with Gasteiger partial charge < -0.3 is 9.64 Å². The summed E-state index contributed by atoms with van der Waals surface area (Å²) in [4.78, 5) is 10.6. The molecule has 0 saturated heterocycles. The van der Waals surface area contributed by atoms with Gasteiger partial charge in [0.25, 0.3) is 0 Å². The Kier molecular flexibility index (Phi) is 4.96. The molecule has 16 heavy (non-hydrogen) atoms. The van der Waals surface area contributed by atoms with Gasteiger partial charge in [-0.3, -0.25) is 0 Å². The Balaban J connectivity index is 2.78. The normalized spacial score (nSPS) is 10.6. The highest BCUT2D eigenvalue weighted by atomic mass is 35.5. The maximum absolute atomic E-state index is 6.02. The molecule has 4 nitrogen and oxygen atoms in total. The van der Waals surface area contributed by atoms with Crippen LogP contribution in [0, 0.1) is 13.8 Å². The first-order valence-electron chi connectivity index (χ1n) is 5.27. The molecule has 0 aromatic carbocycles. The van der Waals surface area contributed by atoms with Crippen LogP contribution in [-0.2, 0) is 4.74 Å². The number of rotatable bonds is 5. The van der Waals surface area contributed by atoms with Crippen molar-refractivity contribution in [3.63, 3.8) is 0 Å². The molecule has 1 heterocycles. The molecule has 0 atom stereocenters. The summed E-state index contributed by atoms with van der Waals surface area (Å²) in [5.74, 6) is 1.60. The van der Waals surface area contributed by atoms with E-state index in [9.17, 15) is 0 Å². The maximum Gasteiger partial charge on any atom is 0.137 e. The van der Waals surface area contributed by atoms with Crippen molar-refractivity contribution < 1.29 is 4.74 Å². The van der Waals surface area contributed by atoms with Crippen LogP contribution >= 0.6 is 11.6 Å². The molecule has 1 rings (SSSR count). The molecule has 0 aliphatic heterocycles. The predicted octanol–water partition coefficient (Wildman–Crippen LogP) is 2.22. The second-order valence-corrected chi connectivity index (χ2v) is 4.14. The third kappa shape index (κ3) is 3.32. The fourth-order valence-corrected chi connectivity index (χ4v) is 1.71. The molecule has 1 aromatic rings. The minimum Gasteiger partial charge on any atom is -0.385 e. The number of methoxy groups -OCH3 is 1. The molecule has 0 N–H and O–H groups in total. The molecule has 0 bridgehead atoms.